The minimum atomic E-state index is -0.361. The Morgan fingerprint density at radius 3 is 2.35 bits per heavy atom. The fourth-order valence-electron chi connectivity index (χ4n) is 3.48. The summed E-state index contributed by atoms with van der Waals surface area (Å²) in [6, 6.07) is 12.8. The van der Waals surface area contributed by atoms with Gasteiger partial charge in [-0.05, 0) is 61.4 Å². The van der Waals surface area contributed by atoms with Crippen LogP contribution in [0.25, 0.3) is 11.1 Å². The first kappa shape index (κ1) is 18.6. The molecule has 0 radical (unpaired) electrons. The van der Waals surface area contributed by atoms with Crippen LogP contribution >= 0.6 is 0 Å². The monoisotopic (exact) mass is 352 g/mol. The topological polar surface area (TPSA) is 51.2 Å². The zero-order valence-electron chi connectivity index (χ0n) is 15.7. The van der Waals surface area contributed by atoms with Crippen molar-refractivity contribution in [2.45, 2.75) is 45.6 Å². The van der Waals surface area contributed by atoms with E-state index in [4.69, 9.17) is 4.74 Å². The molecule has 4 nitrogen and oxygen atoms in total. The number of nitrogens with zero attached hydrogens (tertiary/aromatic N) is 1. The van der Waals surface area contributed by atoms with E-state index in [0.29, 0.717) is 13.2 Å². The molecule has 0 saturated carbocycles. The number of hydrogen-bond donors (Lipinski definition) is 1. The minimum Gasteiger partial charge on any atom is -0.381 e. The molecule has 1 N–H and O–H groups in total. The molecule has 1 aromatic heterocycles. The molecular formula is C22H28N2O2. The van der Waals surface area contributed by atoms with E-state index in [0.717, 1.165) is 31.2 Å². The van der Waals surface area contributed by atoms with Crippen molar-refractivity contribution in [3.8, 4) is 11.1 Å². The molecule has 3 rings (SSSR count). The van der Waals surface area contributed by atoms with Crippen molar-refractivity contribution in [3.63, 3.8) is 0 Å². The van der Waals surface area contributed by atoms with Gasteiger partial charge in [0.1, 0.15) is 0 Å². The zero-order chi connectivity index (χ0) is 18.4. The highest BCUT2D eigenvalue weighted by atomic mass is 16.5. The van der Waals surface area contributed by atoms with E-state index in [1.54, 1.807) is 12.4 Å². The summed E-state index contributed by atoms with van der Waals surface area (Å²) in [7, 11) is 0. The second-order valence-electron chi connectivity index (χ2n) is 7.29. The second-order valence-corrected chi connectivity index (χ2v) is 7.29. The SMILES string of the molecule is CCC(C)NC(=O)C1(Cc2ccc(-c3ccncc3)cc2)CCOCC1. The van der Waals surface area contributed by atoms with Crippen molar-refractivity contribution in [2.24, 2.45) is 5.41 Å². The van der Waals surface area contributed by atoms with E-state index >= 15 is 0 Å². The number of aromatic nitrogens is 1. The molecule has 1 aliphatic rings. The fourth-order valence-corrected chi connectivity index (χ4v) is 3.48. The minimum absolute atomic E-state index is 0.174. The van der Waals surface area contributed by atoms with E-state index in [1.165, 1.54) is 11.1 Å². The quantitative estimate of drug-likeness (QED) is 0.855. The molecule has 2 heterocycles. The molecule has 0 spiro atoms. The lowest BCUT2D eigenvalue weighted by molar-refractivity contribution is -0.137. The number of amides is 1. The standard InChI is InChI=1S/C22H28N2O2/c1-3-17(2)24-21(25)22(10-14-26-15-11-22)16-18-4-6-19(7-5-18)20-8-12-23-13-9-20/h4-9,12-13,17H,3,10-11,14-16H2,1-2H3,(H,24,25). The first-order chi connectivity index (χ1) is 12.6. The Morgan fingerprint density at radius 2 is 1.73 bits per heavy atom. The molecule has 1 saturated heterocycles. The lowest BCUT2D eigenvalue weighted by atomic mass is 9.74. The van der Waals surface area contributed by atoms with E-state index in [9.17, 15) is 4.79 Å². The first-order valence-corrected chi connectivity index (χ1v) is 9.51. The smallest absolute Gasteiger partial charge is 0.226 e. The van der Waals surface area contributed by atoms with Crippen LogP contribution in [-0.2, 0) is 16.0 Å². The van der Waals surface area contributed by atoms with Gasteiger partial charge < -0.3 is 10.1 Å². The number of pyridine rings is 1. The van der Waals surface area contributed by atoms with Gasteiger partial charge in [0.15, 0.2) is 0 Å². The number of hydrogen-bond acceptors (Lipinski definition) is 3. The molecule has 26 heavy (non-hydrogen) atoms. The van der Waals surface area contributed by atoms with Gasteiger partial charge in [-0.3, -0.25) is 9.78 Å². The predicted octanol–water partition coefficient (Wildman–Crippen LogP) is 4.00. The van der Waals surface area contributed by atoms with Crippen molar-refractivity contribution in [1.29, 1.82) is 0 Å². The van der Waals surface area contributed by atoms with E-state index in [1.807, 2.05) is 12.1 Å². The summed E-state index contributed by atoms with van der Waals surface area (Å²) in [6.07, 6.45) is 6.87. The summed E-state index contributed by atoms with van der Waals surface area (Å²) in [5.74, 6) is 0.174. The molecule has 1 aromatic carbocycles. The van der Waals surface area contributed by atoms with Gasteiger partial charge in [0.05, 0.1) is 5.41 Å². The average Bonchev–Trinajstić information content (AvgIpc) is 2.70. The molecule has 4 heteroatoms. The molecule has 0 bridgehead atoms. The predicted molar refractivity (Wildman–Crippen MR) is 104 cm³/mol. The van der Waals surface area contributed by atoms with Crippen LogP contribution in [0.4, 0.5) is 0 Å². The maximum absolute atomic E-state index is 13.0. The molecule has 0 aliphatic carbocycles. The Kier molecular flexibility index (Phi) is 6.04. The summed E-state index contributed by atoms with van der Waals surface area (Å²) >= 11 is 0. The summed E-state index contributed by atoms with van der Waals surface area (Å²) in [6.45, 7) is 5.47. The van der Waals surface area contributed by atoms with Gasteiger partial charge >= 0.3 is 0 Å². The Morgan fingerprint density at radius 1 is 1.12 bits per heavy atom. The normalized spacial score (nSPS) is 17.5. The number of benzene rings is 1. The highest BCUT2D eigenvalue weighted by Crippen LogP contribution is 2.35. The van der Waals surface area contributed by atoms with Gasteiger partial charge in [0, 0.05) is 31.6 Å². The maximum Gasteiger partial charge on any atom is 0.226 e. The van der Waals surface area contributed by atoms with E-state index < -0.39 is 0 Å². The first-order valence-electron chi connectivity index (χ1n) is 9.51. The number of carbonyl (C=O) groups is 1. The molecule has 1 unspecified atom stereocenters. The number of rotatable bonds is 6. The van der Waals surface area contributed by atoms with Gasteiger partial charge in [-0.25, -0.2) is 0 Å². The average molecular weight is 352 g/mol. The lowest BCUT2D eigenvalue weighted by Gasteiger charge is -2.36. The summed E-state index contributed by atoms with van der Waals surface area (Å²) < 4.78 is 5.53. The third kappa shape index (κ3) is 4.31. The van der Waals surface area contributed by atoms with Crippen LogP contribution in [0, 0.1) is 5.41 Å². The van der Waals surface area contributed by atoms with Crippen molar-refractivity contribution in [3.05, 3.63) is 54.4 Å². The Bertz CT molecular complexity index is 707. The Hall–Kier alpha value is -2.20. The van der Waals surface area contributed by atoms with Crippen molar-refractivity contribution < 1.29 is 9.53 Å². The third-order valence-electron chi connectivity index (χ3n) is 5.43. The zero-order valence-corrected chi connectivity index (χ0v) is 15.7. The van der Waals surface area contributed by atoms with Crippen LogP contribution in [0.5, 0.6) is 0 Å². The number of ether oxygens (including phenoxy) is 1. The van der Waals surface area contributed by atoms with Crippen LogP contribution < -0.4 is 5.32 Å². The molecule has 138 valence electrons. The van der Waals surface area contributed by atoms with Crippen molar-refractivity contribution in [2.75, 3.05) is 13.2 Å². The largest absolute Gasteiger partial charge is 0.381 e. The van der Waals surface area contributed by atoms with Gasteiger partial charge in [-0.1, -0.05) is 31.2 Å². The van der Waals surface area contributed by atoms with E-state index in [2.05, 4.69) is 48.4 Å². The van der Waals surface area contributed by atoms with Crippen molar-refractivity contribution >= 4 is 5.91 Å². The Balaban J connectivity index is 1.77. The van der Waals surface area contributed by atoms with Crippen LogP contribution in [0.15, 0.2) is 48.8 Å². The van der Waals surface area contributed by atoms with Gasteiger partial charge in [0.2, 0.25) is 5.91 Å². The molecule has 1 amide bonds. The molecule has 1 fully saturated rings. The van der Waals surface area contributed by atoms with Crippen molar-refractivity contribution in [1.82, 2.24) is 10.3 Å². The highest BCUT2D eigenvalue weighted by Gasteiger charge is 2.40. The fraction of sp³-hybridized carbons (Fsp3) is 0.455. The van der Waals surface area contributed by atoms with Crippen LogP contribution in [0.1, 0.15) is 38.7 Å². The molecular weight excluding hydrogens is 324 g/mol. The summed E-state index contributed by atoms with van der Waals surface area (Å²) in [5, 5.41) is 3.20. The molecule has 2 aromatic rings. The van der Waals surface area contributed by atoms with E-state index in [-0.39, 0.29) is 17.4 Å². The lowest BCUT2D eigenvalue weighted by Crippen LogP contribution is -2.48. The van der Waals surface area contributed by atoms with Gasteiger partial charge in [0.25, 0.3) is 0 Å². The van der Waals surface area contributed by atoms with Gasteiger partial charge in [-0.15, -0.1) is 0 Å². The van der Waals surface area contributed by atoms with Gasteiger partial charge in [-0.2, -0.15) is 0 Å². The molecule has 1 aliphatic heterocycles. The van der Waals surface area contributed by atoms with Crippen LogP contribution in [-0.4, -0.2) is 30.1 Å². The maximum atomic E-state index is 13.0. The second kappa shape index (κ2) is 8.45. The van der Waals surface area contributed by atoms with Crippen LogP contribution in [0.3, 0.4) is 0 Å². The third-order valence-corrected chi connectivity index (χ3v) is 5.43. The highest BCUT2D eigenvalue weighted by molar-refractivity contribution is 5.83. The number of carbonyl (C=O) groups excluding carboxylic acids is 1. The Labute approximate surface area is 156 Å². The summed E-state index contributed by atoms with van der Waals surface area (Å²) in [4.78, 5) is 17.1. The number of nitrogens with one attached hydrogen (secondary N) is 1. The van der Waals surface area contributed by atoms with Crippen LogP contribution in [0.2, 0.25) is 0 Å². The molecule has 1 atom stereocenters. The summed E-state index contributed by atoms with van der Waals surface area (Å²) in [5.41, 5.74) is 3.16.